The number of carbonyl (C=O) groups is 2. The summed E-state index contributed by atoms with van der Waals surface area (Å²) in [6.45, 7) is 3.05. The van der Waals surface area contributed by atoms with E-state index in [2.05, 4.69) is 27.1 Å². The third kappa shape index (κ3) is 4.72. The number of imidazole rings is 1. The van der Waals surface area contributed by atoms with E-state index in [1.165, 1.54) is 18.8 Å². The summed E-state index contributed by atoms with van der Waals surface area (Å²) in [4.78, 5) is 27.5. The molecule has 0 aliphatic heterocycles. The first kappa shape index (κ1) is 17.3. The van der Waals surface area contributed by atoms with Gasteiger partial charge in [-0.2, -0.15) is 0 Å². The van der Waals surface area contributed by atoms with Crippen molar-refractivity contribution in [3.63, 3.8) is 0 Å². The highest BCUT2D eigenvalue weighted by molar-refractivity contribution is 7.99. The molecule has 0 atom stereocenters. The van der Waals surface area contributed by atoms with Crippen LogP contribution >= 0.6 is 11.8 Å². The molecule has 0 saturated carbocycles. The Morgan fingerprint density at radius 2 is 2.04 bits per heavy atom. The maximum Gasteiger partial charge on any atom is 0.321 e. The number of nitrogens with one attached hydrogen (secondary N) is 2. The van der Waals surface area contributed by atoms with Crippen LogP contribution < -0.4 is 10.6 Å². The Balaban J connectivity index is 2.10. The lowest BCUT2D eigenvalue weighted by molar-refractivity contribution is -0.117. The molecule has 0 aliphatic rings. The number of nitrogens with zero attached hydrogens (tertiary/aromatic N) is 2. The maximum absolute atomic E-state index is 11.7. The van der Waals surface area contributed by atoms with Crippen molar-refractivity contribution in [1.82, 2.24) is 20.2 Å². The highest BCUT2D eigenvalue weighted by Crippen LogP contribution is 2.24. The van der Waals surface area contributed by atoms with Crippen LogP contribution in [0.3, 0.4) is 0 Å². The molecule has 0 aliphatic carbocycles. The number of benzene rings is 1. The molecule has 6 nitrogen and oxygen atoms in total. The molecule has 0 saturated heterocycles. The number of urea groups is 1. The number of carbonyl (C=O) groups excluding carboxylic acids is 2. The summed E-state index contributed by atoms with van der Waals surface area (Å²) in [5.41, 5.74) is 2.01. The third-order valence-electron chi connectivity index (χ3n) is 3.42. The van der Waals surface area contributed by atoms with Crippen LogP contribution in [0.2, 0.25) is 0 Å². The largest absolute Gasteiger partial charge is 0.341 e. The molecule has 23 heavy (non-hydrogen) atoms. The van der Waals surface area contributed by atoms with E-state index >= 15 is 0 Å². The average Bonchev–Trinajstić information content (AvgIpc) is 2.91. The molecule has 1 aromatic heterocycles. The van der Waals surface area contributed by atoms with Crippen LogP contribution in [0.4, 0.5) is 4.79 Å². The minimum atomic E-state index is -0.493. The monoisotopic (exact) mass is 334 g/mol. The van der Waals surface area contributed by atoms with Crippen molar-refractivity contribution in [3.8, 4) is 0 Å². The predicted molar refractivity (Wildman–Crippen MR) is 92.6 cm³/mol. The zero-order valence-electron chi connectivity index (χ0n) is 13.5. The van der Waals surface area contributed by atoms with Crippen LogP contribution in [0, 0.1) is 0 Å². The standard InChI is InChI=1S/C16H22N4O2S/c1-3-4-7-10-20-13-9-6-5-8-12(13)18-16(20)23-11-14(21)19-15(22)17-2/h5-6,8-9H,3-4,7,10-11H2,1-2H3,(H2,17,19,21,22). The van der Waals surface area contributed by atoms with Gasteiger partial charge in [0.15, 0.2) is 5.16 Å². The number of fused-ring (bicyclic) bond motifs is 1. The number of rotatable bonds is 7. The fraction of sp³-hybridized carbons (Fsp3) is 0.438. The summed E-state index contributed by atoms with van der Waals surface area (Å²) in [5, 5.41) is 5.43. The first-order valence-corrected chi connectivity index (χ1v) is 8.74. The van der Waals surface area contributed by atoms with E-state index in [1.54, 1.807) is 0 Å². The average molecular weight is 334 g/mol. The summed E-state index contributed by atoms with van der Waals surface area (Å²) >= 11 is 1.35. The van der Waals surface area contributed by atoms with E-state index in [4.69, 9.17) is 0 Å². The smallest absolute Gasteiger partial charge is 0.321 e. The number of aryl methyl sites for hydroxylation is 1. The molecule has 1 aromatic carbocycles. The zero-order valence-corrected chi connectivity index (χ0v) is 14.3. The molecular weight excluding hydrogens is 312 g/mol. The van der Waals surface area contributed by atoms with Gasteiger partial charge < -0.3 is 9.88 Å². The first-order chi connectivity index (χ1) is 11.2. The van der Waals surface area contributed by atoms with Crippen LogP contribution in [-0.4, -0.2) is 34.3 Å². The van der Waals surface area contributed by atoms with Crippen molar-refractivity contribution in [2.75, 3.05) is 12.8 Å². The number of unbranched alkanes of at least 4 members (excludes halogenated alkanes) is 2. The summed E-state index contributed by atoms with van der Waals surface area (Å²) < 4.78 is 2.16. The van der Waals surface area contributed by atoms with E-state index in [0.29, 0.717) is 0 Å². The highest BCUT2D eigenvalue weighted by Gasteiger charge is 2.13. The number of amides is 3. The maximum atomic E-state index is 11.7. The number of thioether (sulfide) groups is 1. The lowest BCUT2D eigenvalue weighted by Crippen LogP contribution is -2.38. The predicted octanol–water partition coefficient (Wildman–Crippen LogP) is 2.77. The molecule has 0 bridgehead atoms. The van der Waals surface area contributed by atoms with Crippen LogP contribution in [0.5, 0.6) is 0 Å². The third-order valence-corrected chi connectivity index (χ3v) is 4.39. The first-order valence-electron chi connectivity index (χ1n) is 7.75. The summed E-state index contributed by atoms with van der Waals surface area (Å²) in [6, 6.07) is 7.47. The number of aromatic nitrogens is 2. The lowest BCUT2D eigenvalue weighted by atomic mass is 10.2. The summed E-state index contributed by atoms with van der Waals surface area (Å²) in [6.07, 6.45) is 3.40. The Morgan fingerprint density at radius 1 is 1.26 bits per heavy atom. The van der Waals surface area contributed by atoms with Gasteiger partial charge in [0.25, 0.3) is 0 Å². The second-order valence-corrected chi connectivity index (χ2v) is 6.10. The van der Waals surface area contributed by atoms with Crippen LogP contribution in [-0.2, 0) is 11.3 Å². The van der Waals surface area contributed by atoms with Crippen LogP contribution in [0.25, 0.3) is 11.0 Å². The fourth-order valence-corrected chi connectivity index (χ4v) is 3.10. The van der Waals surface area contributed by atoms with Crippen molar-refractivity contribution in [2.45, 2.75) is 37.9 Å². The molecule has 7 heteroatoms. The van der Waals surface area contributed by atoms with Crippen molar-refractivity contribution >= 4 is 34.7 Å². The van der Waals surface area contributed by atoms with E-state index < -0.39 is 6.03 Å². The van der Waals surface area contributed by atoms with Gasteiger partial charge in [-0.15, -0.1) is 0 Å². The molecule has 0 fully saturated rings. The Bertz CT molecular complexity index is 684. The molecule has 0 radical (unpaired) electrons. The highest BCUT2D eigenvalue weighted by atomic mass is 32.2. The Labute approximate surface area is 140 Å². The van der Waals surface area contributed by atoms with Gasteiger partial charge >= 0.3 is 6.03 Å². The Morgan fingerprint density at radius 3 is 2.78 bits per heavy atom. The zero-order chi connectivity index (χ0) is 16.7. The molecular formula is C16H22N4O2S. The molecule has 3 amide bonds. The normalized spacial score (nSPS) is 10.7. The van der Waals surface area contributed by atoms with Gasteiger partial charge in [-0.05, 0) is 18.6 Å². The van der Waals surface area contributed by atoms with Crippen LogP contribution in [0.15, 0.2) is 29.4 Å². The minimum absolute atomic E-state index is 0.157. The van der Waals surface area contributed by atoms with Crippen molar-refractivity contribution in [3.05, 3.63) is 24.3 Å². The van der Waals surface area contributed by atoms with Crippen molar-refractivity contribution in [1.29, 1.82) is 0 Å². The number of imide groups is 1. The van der Waals surface area contributed by atoms with E-state index in [-0.39, 0.29) is 11.7 Å². The van der Waals surface area contributed by atoms with Gasteiger partial charge in [0.05, 0.1) is 16.8 Å². The molecule has 2 N–H and O–H groups in total. The van der Waals surface area contributed by atoms with Gasteiger partial charge in [-0.3, -0.25) is 10.1 Å². The number of hydrogen-bond donors (Lipinski definition) is 2. The minimum Gasteiger partial charge on any atom is -0.341 e. The fourth-order valence-electron chi connectivity index (χ4n) is 2.25. The number of hydrogen-bond acceptors (Lipinski definition) is 4. The quantitative estimate of drug-likeness (QED) is 0.603. The van der Waals surface area contributed by atoms with Crippen molar-refractivity contribution < 1.29 is 9.59 Å². The Hall–Kier alpha value is -2.02. The van der Waals surface area contributed by atoms with Gasteiger partial charge in [0, 0.05) is 13.6 Å². The van der Waals surface area contributed by atoms with Gasteiger partial charge in [0.2, 0.25) is 5.91 Å². The van der Waals surface area contributed by atoms with Gasteiger partial charge in [0.1, 0.15) is 0 Å². The SMILES string of the molecule is CCCCCn1c(SCC(=O)NC(=O)NC)nc2ccccc21. The van der Waals surface area contributed by atoms with E-state index in [0.717, 1.165) is 42.0 Å². The number of para-hydroxylation sites is 2. The summed E-state index contributed by atoms with van der Waals surface area (Å²) in [7, 11) is 1.48. The van der Waals surface area contributed by atoms with Crippen molar-refractivity contribution in [2.24, 2.45) is 0 Å². The molecule has 124 valence electrons. The van der Waals surface area contributed by atoms with E-state index in [1.807, 2.05) is 24.3 Å². The molecule has 2 aromatic rings. The molecule has 0 unspecified atom stereocenters. The second-order valence-electron chi connectivity index (χ2n) is 5.16. The van der Waals surface area contributed by atoms with Gasteiger partial charge in [-0.1, -0.05) is 43.7 Å². The summed E-state index contributed by atoms with van der Waals surface area (Å²) in [5.74, 6) is -0.175. The van der Waals surface area contributed by atoms with E-state index in [9.17, 15) is 9.59 Å². The topological polar surface area (TPSA) is 76.0 Å². The molecule has 1 heterocycles. The lowest BCUT2D eigenvalue weighted by Gasteiger charge is -2.08. The molecule has 2 rings (SSSR count). The molecule has 0 spiro atoms. The van der Waals surface area contributed by atoms with Crippen LogP contribution in [0.1, 0.15) is 26.2 Å². The Kier molecular flexibility index (Phi) is 6.46. The van der Waals surface area contributed by atoms with Gasteiger partial charge in [-0.25, -0.2) is 9.78 Å². The second kappa shape index (κ2) is 8.57.